The molecule has 7 nitrogen and oxygen atoms in total. The van der Waals surface area contributed by atoms with Gasteiger partial charge in [0, 0.05) is 19.5 Å². The Morgan fingerprint density at radius 1 is 1.47 bits per heavy atom. The van der Waals surface area contributed by atoms with E-state index in [4.69, 9.17) is 9.57 Å². The number of fused-ring (bicyclic) bond motifs is 1. The average molecular weight is 236 g/mol. The minimum Gasteiger partial charge on any atom is -0.382 e. The number of amides is 1. The maximum atomic E-state index is 11.7. The Hall–Kier alpha value is -1.99. The number of hydroxylamine groups is 1. The van der Waals surface area contributed by atoms with E-state index in [0.717, 1.165) is 0 Å². The number of hydrogen-bond acceptors (Lipinski definition) is 5. The number of nitrogens with zero attached hydrogens (tertiary/aromatic N) is 3. The molecule has 0 aliphatic heterocycles. The molecule has 0 spiro atoms. The van der Waals surface area contributed by atoms with Gasteiger partial charge in [-0.2, -0.15) is 5.10 Å². The fourth-order valence-corrected chi connectivity index (χ4v) is 1.31. The average Bonchev–Trinajstić information content (AvgIpc) is 2.78. The molecule has 2 aromatic rings. The second-order valence-electron chi connectivity index (χ2n) is 3.24. The van der Waals surface area contributed by atoms with Crippen molar-refractivity contribution in [2.45, 2.75) is 0 Å². The third-order valence-corrected chi connectivity index (χ3v) is 2.12. The summed E-state index contributed by atoms with van der Waals surface area (Å²) >= 11 is 0. The lowest BCUT2D eigenvalue weighted by atomic mass is 10.3. The number of nitrogens with one attached hydrogen (secondary N) is 1. The van der Waals surface area contributed by atoms with Gasteiger partial charge in [-0.1, -0.05) is 0 Å². The van der Waals surface area contributed by atoms with Gasteiger partial charge in [0.05, 0.1) is 36.7 Å². The predicted molar refractivity (Wildman–Crippen MR) is 58.3 cm³/mol. The van der Waals surface area contributed by atoms with Gasteiger partial charge in [0.1, 0.15) is 0 Å². The van der Waals surface area contributed by atoms with Gasteiger partial charge in [0.2, 0.25) is 0 Å². The van der Waals surface area contributed by atoms with Crippen molar-refractivity contribution < 1.29 is 14.4 Å². The number of carbonyl (C=O) groups excluding carboxylic acids is 1. The van der Waals surface area contributed by atoms with Gasteiger partial charge in [0.25, 0.3) is 5.91 Å². The minimum absolute atomic E-state index is 0.291. The van der Waals surface area contributed by atoms with Gasteiger partial charge < -0.3 is 4.74 Å². The third kappa shape index (κ3) is 2.58. The van der Waals surface area contributed by atoms with Crippen LogP contribution in [0.4, 0.5) is 0 Å². The lowest BCUT2D eigenvalue weighted by Gasteiger charge is -2.03. The Kier molecular flexibility index (Phi) is 3.63. The summed E-state index contributed by atoms with van der Waals surface area (Å²) < 4.78 is 6.35. The highest BCUT2D eigenvalue weighted by molar-refractivity contribution is 5.99. The zero-order chi connectivity index (χ0) is 12.1. The third-order valence-electron chi connectivity index (χ3n) is 2.12. The van der Waals surface area contributed by atoms with E-state index >= 15 is 0 Å². The second-order valence-corrected chi connectivity index (χ2v) is 3.24. The molecule has 2 aromatic heterocycles. The summed E-state index contributed by atoms with van der Waals surface area (Å²) in [5.41, 5.74) is 3.35. The highest BCUT2D eigenvalue weighted by Crippen LogP contribution is 2.07. The van der Waals surface area contributed by atoms with Crippen LogP contribution in [0.15, 0.2) is 24.8 Å². The highest BCUT2D eigenvalue weighted by Gasteiger charge is 2.12. The Balaban J connectivity index is 2.04. The standard InChI is InChI=1S/C10H12N4O3/c1-16-4-5-17-13-10(15)8-6-12-14-3-2-11-7-9(8)14/h2-3,6-7H,4-5H2,1H3,(H,13,15). The summed E-state index contributed by atoms with van der Waals surface area (Å²) in [6.07, 6.45) is 6.29. The van der Waals surface area contributed by atoms with Gasteiger partial charge >= 0.3 is 0 Å². The van der Waals surface area contributed by atoms with Crippen molar-refractivity contribution in [1.82, 2.24) is 20.1 Å². The Morgan fingerprint density at radius 3 is 3.18 bits per heavy atom. The molecule has 0 aliphatic rings. The molecule has 1 N–H and O–H groups in total. The number of carbonyl (C=O) groups is 1. The molecule has 17 heavy (non-hydrogen) atoms. The van der Waals surface area contributed by atoms with Crippen molar-refractivity contribution in [2.75, 3.05) is 20.3 Å². The molecule has 0 bridgehead atoms. The van der Waals surface area contributed by atoms with Crippen LogP contribution in [0.3, 0.4) is 0 Å². The molecule has 2 heterocycles. The zero-order valence-corrected chi connectivity index (χ0v) is 9.29. The Bertz CT molecular complexity index is 511. The van der Waals surface area contributed by atoms with Crippen LogP contribution in [0, 0.1) is 0 Å². The fourth-order valence-electron chi connectivity index (χ4n) is 1.31. The molecule has 1 amide bonds. The molecule has 0 radical (unpaired) electrons. The Labute approximate surface area is 97.3 Å². The molecule has 90 valence electrons. The van der Waals surface area contributed by atoms with Crippen LogP contribution in [-0.2, 0) is 9.57 Å². The van der Waals surface area contributed by atoms with Crippen LogP contribution in [0.5, 0.6) is 0 Å². The maximum absolute atomic E-state index is 11.7. The summed E-state index contributed by atoms with van der Waals surface area (Å²) in [5.74, 6) is -0.357. The van der Waals surface area contributed by atoms with Gasteiger partial charge in [-0.25, -0.2) is 10.00 Å². The first-order valence-electron chi connectivity index (χ1n) is 5.01. The second kappa shape index (κ2) is 5.37. The molecule has 0 saturated carbocycles. The van der Waals surface area contributed by atoms with Crippen LogP contribution >= 0.6 is 0 Å². The molecule has 0 atom stereocenters. The molecule has 0 saturated heterocycles. The van der Waals surface area contributed by atoms with E-state index in [-0.39, 0.29) is 5.91 Å². The van der Waals surface area contributed by atoms with Crippen LogP contribution in [0.25, 0.3) is 5.52 Å². The molecule has 2 rings (SSSR count). The molecule has 0 fully saturated rings. The number of hydrogen-bond donors (Lipinski definition) is 1. The number of ether oxygens (including phenoxy) is 1. The van der Waals surface area contributed by atoms with Crippen molar-refractivity contribution >= 4 is 11.4 Å². The summed E-state index contributed by atoms with van der Waals surface area (Å²) in [6.45, 7) is 0.705. The van der Waals surface area contributed by atoms with Gasteiger partial charge in [0.15, 0.2) is 0 Å². The topological polar surface area (TPSA) is 77.8 Å². The van der Waals surface area contributed by atoms with Crippen LogP contribution < -0.4 is 5.48 Å². The van der Waals surface area contributed by atoms with Gasteiger partial charge in [-0.15, -0.1) is 0 Å². The summed E-state index contributed by atoms with van der Waals surface area (Å²) in [4.78, 5) is 20.6. The maximum Gasteiger partial charge on any atom is 0.278 e. The fraction of sp³-hybridized carbons (Fsp3) is 0.300. The van der Waals surface area contributed by atoms with Crippen molar-refractivity contribution in [3.63, 3.8) is 0 Å². The van der Waals surface area contributed by atoms with E-state index in [1.54, 1.807) is 30.2 Å². The highest BCUT2D eigenvalue weighted by atomic mass is 16.7. The molecule has 0 aliphatic carbocycles. The van der Waals surface area contributed by atoms with E-state index in [9.17, 15) is 4.79 Å². The van der Waals surface area contributed by atoms with E-state index in [0.29, 0.717) is 24.3 Å². The predicted octanol–water partition coefficient (Wildman–Crippen LogP) is 0.0371. The first kappa shape index (κ1) is 11.5. The van der Waals surface area contributed by atoms with E-state index in [1.807, 2.05) is 0 Å². The summed E-state index contributed by atoms with van der Waals surface area (Å²) in [6, 6.07) is 0. The number of methoxy groups -OCH3 is 1. The number of aromatic nitrogens is 3. The van der Waals surface area contributed by atoms with Crippen LogP contribution in [0.2, 0.25) is 0 Å². The van der Waals surface area contributed by atoms with Crippen molar-refractivity contribution in [3.05, 3.63) is 30.4 Å². The lowest BCUT2D eigenvalue weighted by Crippen LogP contribution is -2.25. The molecule has 0 unspecified atom stereocenters. The van der Waals surface area contributed by atoms with Crippen LogP contribution in [0.1, 0.15) is 10.4 Å². The van der Waals surface area contributed by atoms with Crippen molar-refractivity contribution in [2.24, 2.45) is 0 Å². The normalized spacial score (nSPS) is 10.6. The van der Waals surface area contributed by atoms with Gasteiger partial charge in [-0.3, -0.25) is 14.6 Å². The summed E-state index contributed by atoms with van der Waals surface area (Å²) in [7, 11) is 1.56. The molecule has 0 aromatic carbocycles. The van der Waals surface area contributed by atoms with Crippen molar-refractivity contribution in [3.8, 4) is 0 Å². The Morgan fingerprint density at radius 2 is 2.35 bits per heavy atom. The van der Waals surface area contributed by atoms with Crippen LogP contribution in [-0.4, -0.2) is 40.8 Å². The molecular formula is C10H12N4O3. The molecule has 7 heteroatoms. The first-order chi connectivity index (χ1) is 8.33. The molecular weight excluding hydrogens is 224 g/mol. The smallest absolute Gasteiger partial charge is 0.278 e. The monoisotopic (exact) mass is 236 g/mol. The minimum atomic E-state index is -0.357. The van der Waals surface area contributed by atoms with Crippen molar-refractivity contribution in [1.29, 1.82) is 0 Å². The van der Waals surface area contributed by atoms with E-state index in [1.165, 1.54) is 6.20 Å². The first-order valence-corrected chi connectivity index (χ1v) is 5.01. The quantitative estimate of drug-likeness (QED) is 0.585. The summed E-state index contributed by atoms with van der Waals surface area (Å²) in [5, 5.41) is 4.02. The zero-order valence-electron chi connectivity index (χ0n) is 9.29. The number of rotatable bonds is 5. The van der Waals surface area contributed by atoms with E-state index < -0.39 is 0 Å². The van der Waals surface area contributed by atoms with E-state index in [2.05, 4.69) is 15.6 Å². The largest absolute Gasteiger partial charge is 0.382 e. The van der Waals surface area contributed by atoms with Gasteiger partial charge in [-0.05, 0) is 0 Å². The SMILES string of the molecule is COCCONC(=O)c1cnn2ccncc12. The lowest BCUT2D eigenvalue weighted by molar-refractivity contribution is 0.00899.